The van der Waals surface area contributed by atoms with Crippen molar-refractivity contribution < 1.29 is 47.8 Å². The van der Waals surface area contributed by atoms with Gasteiger partial charge in [0.15, 0.2) is 6.10 Å². The number of phosphoric ester groups is 1. The average molecular weight is 943 g/mol. The van der Waals surface area contributed by atoms with E-state index in [0.717, 1.165) is 38.5 Å². The summed E-state index contributed by atoms with van der Waals surface area (Å²) in [6.07, 6.45) is 54.3. The first-order chi connectivity index (χ1) is 31.7. The first-order valence-electron chi connectivity index (χ1n) is 27.3. The molecule has 0 spiro atoms. The lowest BCUT2D eigenvalue weighted by atomic mass is 10.0. The second kappa shape index (κ2) is 50.3. The topological polar surface area (TPSA) is 149 Å². The van der Waals surface area contributed by atoms with Crippen LogP contribution in [0.15, 0.2) is 24.3 Å². The molecule has 384 valence electrons. The molecule has 0 aliphatic rings. The normalized spacial score (nSPS) is 13.7. The van der Waals surface area contributed by atoms with E-state index in [2.05, 4.69) is 38.2 Å². The fourth-order valence-corrected chi connectivity index (χ4v) is 8.66. The van der Waals surface area contributed by atoms with Gasteiger partial charge in [0.25, 0.3) is 0 Å². The molecule has 0 bridgehead atoms. The Morgan fingerprint density at radius 2 is 0.754 bits per heavy atom. The standard InChI is InChI=1S/C54H103O10P/c1-3-5-7-9-11-13-15-17-19-21-23-24-25-26-28-30-32-34-36-38-40-42-44-46-54(58)64-52(50-63-65(59,60)62-48-51(56)47-55)49-61-53(57)45-43-41-39-37-35-33-31-29-27-22-20-18-16-14-12-10-8-6-4-2/h18,20-21,23,51-52,55-56H,3-17,19,22,24-50H2,1-2H3,(H,59,60)/b20-18-,23-21-. The molecule has 0 radical (unpaired) electrons. The van der Waals surface area contributed by atoms with Crippen LogP contribution in [-0.4, -0.2) is 65.7 Å². The largest absolute Gasteiger partial charge is 0.472 e. The van der Waals surface area contributed by atoms with E-state index in [1.807, 2.05) is 0 Å². The molecule has 0 saturated carbocycles. The zero-order valence-corrected chi connectivity index (χ0v) is 43.1. The molecule has 0 aliphatic heterocycles. The fourth-order valence-electron chi connectivity index (χ4n) is 7.87. The van der Waals surface area contributed by atoms with Crippen molar-refractivity contribution in [3.05, 3.63) is 24.3 Å². The Kier molecular flexibility index (Phi) is 49.1. The molecule has 11 heteroatoms. The fraction of sp³-hybridized carbons (Fsp3) is 0.889. The van der Waals surface area contributed by atoms with Crippen LogP contribution in [0, 0.1) is 0 Å². The smallest absolute Gasteiger partial charge is 0.462 e. The van der Waals surface area contributed by atoms with Gasteiger partial charge in [0.05, 0.1) is 19.8 Å². The molecule has 10 nitrogen and oxygen atoms in total. The summed E-state index contributed by atoms with van der Waals surface area (Å²) in [6, 6.07) is 0. The monoisotopic (exact) mass is 943 g/mol. The van der Waals surface area contributed by atoms with Gasteiger partial charge in [0, 0.05) is 12.8 Å². The number of phosphoric acid groups is 1. The van der Waals surface area contributed by atoms with Crippen molar-refractivity contribution >= 4 is 19.8 Å². The first-order valence-corrected chi connectivity index (χ1v) is 28.8. The maximum atomic E-state index is 12.7. The summed E-state index contributed by atoms with van der Waals surface area (Å²) in [5, 5.41) is 18.4. The Hall–Kier alpha value is -1.55. The number of allylic oxidation sites excluding steroid dienone is 4. The number of unbranched alkanes of at least 4 members (excludes halogenated alkanes) is 34. The lowest BCUT2D eigenvalue weighted by Crippen LogP contribution is -2.29. The van der Waals surface area contributed by atoms with Crippen LogP contribution in [0.3, 0.4) is 0 Å². The van der Waals surface area contributed by atoms with Crippen LogP contribution in [0.25, 0.3) is 0 Å². The van der Waals surface area contributed by atoms with Crippen molar-refractivity contribution in [1.29, 1.82) is 0 Å². The lowest BCUT2D eigenvalue weighted by molar-refractivity contribution is -0.161. The summed E-state index contributed by atoms with van der Waals surface area (Å²) < 4.78 is 32.9. The van der Waals surface area contributed by atoms with E-state index in [1.54, 1.807) is 0 Å². The minimum atomic E-state index is -4.62. The van der Waals surface area contributed by atoms with Gasteiger partial charge in [0.1, 0.15) is 12.7 Å². The molecule has 0 aromatic heterocycles. The molecule has 3 atom stereocenters. The first kappa shape index (κ1) is 63.5. The number of rotatable bonds is 52. The van der Waals surface area contributed by atoms with Gasteiger partial charge in [0.2, 0.25) is 0 Å². The maximum Gasteiger partial charge on any atom is 0.472 e. The Balaban J connectivity index is 4.12. The summed E-state index contributed by atoms with van der Waals surface area (Å²) in [5.41, 5.74) is 0. The molecule has 0 aromatic rings. The second-order valence-corrected chi connectivity index (χ2v) is 20.1. The Labute approximate surface area is 399 Å². The highest BCUT2D eigenvalue weighted by Gasteiger charge is 2.27. The third kappa shape index (κ3) is 50.2. The van der Waals surface area contributed by atoms with Crippen LogP contribution in [0.4, 0.5) is 0 Å². The van der Waals surface area contributed by atoms with Gasteiger partial charge in [-0.3, -0.25) is 18.6 Å². The van der Waals surface area contributed by atoms with E-state index in [1.165, 1.54) is 193 Å². The van der Waals surface area contributed by atoms with E-state index in [0.29, 0.717) is 12.8 Å². The summed E-state index contributed by atoms with van der Waals surface area (Å²) >= 11 is 0. The third-order valence-corrected chi connectivity index (χ3v) is 13.0. The number of aliphatic hydroxyl groups excluding tert-OH is 2. The molecular weight excluding hydrogens is 840 g/mol. The van der Waals surface area contributed by atoms with E-state index >= 15 is 0 Å². The molecule has 0 saturated heterocycles. The van der Waals surface area contributed by atoms with Crippen molar-refractivity contribution in [2.45, 2.75) is 283 Å². The van der Waals surface area contributed by atoms with E-state index in [9.17, 15) is 24.2 Å². The Bertz CT molecular complexity index is 1130. The van der Waals surface area contributed by atoms with Gasteiger partial charge >= 0.3 is 19.8 Å². The number of hydrogen-bond donors (Lipinski definition) is 3. The summed E-state index contributed by atoms with van der Waals surface area (Å²) in [6.45, 7) is 2.43. The second-order valence-electron chi connectivity index (χ2n) is 18.6. The molecule has 65 heavy (non-hydrogen) atoms. The number of hydrogen-bond acceptors (Lipinski definition) is 9. The van der Waals surface area contributed by atoms with Gasteiger partial charge in [-0.15, -0.1) is 0 Å². The molecule has 0 aliphatic carbocycles. The van der Waals surface area contributed by atoms with Gasteiger partial charge in [-0.25, -0.2) is 4.57 Å². The zero-order valence-electron chi connectivity index (χ0n) is 42.2. The van der Waals surface area contributed by atoms with E-state index < -0.39 is 51.8 Å². The zero-order chi connectivity index (χ0) is 47.6. The summed E-state index contributed by atoms with van der Waals surface area (Å²) in [5.74, 6) is -0.914. The van der Waals surface area contributed by atoms with Crippen molar-refractivity contribution in [2.75, 3.05) is 26.4 Å². The SMILES string of the molecule is CCCCCCCC/C=C\CCCCCCCCCCCC(=O)OCC(COP(=O)(O)OCC(O)CO)OC(=O)CCCCCCCCCCCCC/C=C\CCCCCCCCCC. The highest BCUT2D eigenvalue weighted by molar-refractivity contribution is 7.47. The highest BCUT2D eigenvalue weighted by atomic mass is 31.2. The quantitative estimate of drug-likeness (QED) is 0.0233. The van der Waals surface area contributed by atoms with Gasteiger partial charge < -0.3 is 24.6 Å². The Morgan fingerprint density at radius 3 is 1.11 bits per heavy atom. The predicted molar refractivity (Wildman–Crippen MR) is 270 cm³/mol. The van der Waals surface area contributed by atoms with Crippen LogP contribution in [0.1, 0.15) is 271 Å². The number of esters is 2. The molecule has 0 rings (SSSR count). The molecular formula is C54H103O10P. The van der Waals surface area contributed by atoms with Gasteiger partial charge in [-0.1, -0.05) is 218 Å². The third-order valence-electron chi connectivity index (χ3n) is 12.1. The Morgan fingerprint density at radius 1 is 0.446 bits per heavy atom. The minimum absolute atomic E-state index is 0.186. The van der Waals surface area contributed by atoms with E-state index in [4.69, 9.17) is 23.6 Å². The molecule has 0 heterocycles. The average Bonchev–Trinajstić information content (AvgIpc) is 3.30. The summed E-state index contributed by atoms with van der Waals surface area (Å²) in [7, 11) is -4.62. The molecule has 0 aromatic carbocycles. The van der Waals surface area contributed by atoms with Crippen LogP contribution in [0.5, 0.6) is 0 Å². The van der Waals surface area contributed by atoms with Crippen molar-refractivity contribution in [3.63, 3.8) is 0 Å². The van der Waals surface area contributed by atoms with Crippen LogP contribution in [-0.2, 0) is 32.7 Å². The predicted octanol–water partition coefficient (Wildman–Crippen LogP) is 15.7. The number of aliphatic hydroxyl groups is 2. The van der Waals surface area contributed by atoms with Crippen molar-refractivity contribution in [1.82, 2.24) is 0 Å². The molecule has 3 unspecified atom stereocenters. The molecule has 3 N–H and O–H groups in total. The van der Waals surface area contributed by atoms with Crippen molar-refractivity contribution in [2.24, 2.45) is 0 Å². The molecule has 0 amide bonds. The number of carbonyl (C=O) groups excluding carboxylic acids is 2. The van der Waals surface area contributed by atoms with Crippen LogP contribution >= 0.6 is 7.82 Å². The van der Waals surface area contributed by atoms with E-state index in [-0.39, 0.29) is 19.4 Å². The maximum absolute atomic E-state index is 12.7. The lowest BCUT2D eigenvalue weighted by Gasteiger charge is -2.20. The van der Waals surface area contributed by atoms with Crippen molar-refractivity contribution in [3.8, 4) is 0 Å². The number of ether oxygens (including phenoxy) is 2. The highest BCUT2D eigenvalue weighted by Crippen LogP contribution is 2.43. The molecule has 0 fully saturated rings. The summed E-state index contributed by atoms with van der Waals surface area (Å²) in [4.78, 5) is 35.2. The van der Waals surface area contributed by atoms with Gasteiger partial charge in [-0.05, 0) is 64.2 Å². The minimum Gasteiger partial charge on any atom is -0.462 e. The number of carbonyl (C=O) groups is 2. The van der Waals surface area contributed by atoms with Crippen LogP contribution < -0.4 is 0 Å². The van der Waals surface area contributed by atoms with Gasteiger partial charge in [-0.2, -0.15) is 0 Å². The van der Waals surface area contributed by atoms with Crippen LogP contribution in [0.2, 0.25) is 0 Å².